The quantitative estimate of drug-likeness (QED) is 0.865. The first-order chi connectivity index (χ1) is 12.1. The molecule has 25 heavy (non-hydrogen) atoms. The average molecular weight is 377 g/mol. The number of fused-ring (bicyclic) bond motifs is 1. The van der Waals surface area contributed by atoms with Crippen LogP contribution in [0.5, 0.6) is 0 Å². The first-order valence-electron chi connectivity index (χ1n) is 8.31. The number of ether oxygens (including phenoxy) is 1. The van der Waals surface area contributed by atoms with Gasteiger partial charge in [-0.3, -0.25) is 4.79 Å². The van der Waals surface area contributed by atoms with Gasteiger partial charge in [0.25, 0.3) is 0 Å². The molecule has 1 amide bonds. The Morgan fingerprint density at radius 2 is 1.72 bits per heavy atom. The molecule has 2 fully saturated rings. The summed E-state index contributed by atoms with van der Waals surface area (Å²) in [4.78, 5) is 14.2. The van der Waals surface area contributed by atoms with E-state index in [9.17, 15) is 4.79 Å². The molecule has 1 N–H and O–H groups in total. The van der Waals surface area contributed by atoms with Crippen LogP contribution in [0.15, 0.2) is 48.5 Å². The number of hydrogen-bond acceptors (Lipinski definition) is 3. The van der Waals surface area contributed by atoms with E-state index in [2.05, 4.69) is 5.32 Å². The third-order valence-corrected chi connectivity index (χ3v) is 5.34. The van der Waals surface area contributed by atoms with Crippen LogP contribution in [0.3, 0.4) is 0 Å². The third-order valence-electron chi connectivity index (χ3n) is 4.84. The van der Waals surface area contributed by atoms with E-state index in [0.717, 1.165) is 11.3 Å². The number of benzene rings is 2. The number of nitrogens with zero attached hydrogens (tertiary/aromatic N) is 1. The van der Waals surface area contributed by atoms with Gasteiger partial charge >= 0.3 is 0 Å². The Morgan fingerprint density at radius 3 is 2.40 bits per heavy atom. The van der Waals surface area contributed by atoms with Gasteiger partial charge in [0.2, 0.25) is 5.91 Å². The van der Waals surface area contributed by atoms with Crippen molar-refractivity contribution in [3.05, 3.63) is 64.1 Å². The lowest BCUT2D eigenvalue weighted by Gasteiger charge is -2.31. The van der Waals surface area contributed by atoms with E-state index in [4.69, 9.17) is 27.9 Å². The van der Waals surface area contributed by atoms with Crippen LogP contribution >= 0.6 is 23.2 Å². The Labute approximate surface area is 156 Å². The molecule has 2 aliphatic rings. The van der Waals surface area contributed by atoms with Crippen molar-refractivity contribution in [2.75, 3.05) is 18.4 Å². The number of nitrogens with one attached hydrogen (secondary N) is 1. The van der Waals surface area contributed by atoms with Gasteiger partial charge in [-0.05, 0) is 36.4 Å². The second-order valence-electron chi connectivity index (χ2n) is 6.42. The molecular weight excluding hydrogens is 359 g/mol. The van der Waals surface area contributed by atoms with Gasteiger partial charge in [-0.25, -0.2) is 0 Å². The predicted octanol–water partition coefficient (Wildman–Crippen LogP) is 4.28. The van der Waals surface area contributed by atoms with Crippen LogP contribution in [0.25, 0.3) is 0 Å². The number of anilines is 1. The van der Waals surface area contributed by atoms with E-state index in [0.29, 0.717) is 36.0 Å². The minimum absolute atomic E-state index is 0.0735. The number of carbonyl (C=O) groups excluding carboxylic acids is 1. The first kappa shape index (κ1) is 16.7. The van der Waals surface area contributed by atoms with Crippen LogP contribution in [-0.4, -0.2) is 30.0 Å². The molecule has 0 aromatic heterocycles. The van der Waals surface area contributed by atoms with Gasteiger partial charge in [-0.1, -0.05) is 35.3 Å². The van der Waals surface area contributed by atoms with Gasteiger partial charge in [0.15, 0.2) is 5.72 Å². The second-order valence-corrected chi connectivity index (χ2v) is 7.30. The monoisotopic (exact) mass is 376 g/mol. The van der Waals surface area contributed by atoms with Crippen molar-refractivity contribution in [3.63, 3.8) is 0 Å². The standard InChI is InChI=1S/C19H18Cl2N2O2/c20-14-3-1-13(2-4-14)19-10-9-18(24)23(19)12-17(25-19)11-22-16-7-5-15(21)6-8-16/h1-8,17,22H,9-12H2/t17-,19+/m0/s1. The third kappa shape index (κ3) is 3.10. The number of carbonyl (C=O) groups is 1. The molecule has 0 radical (unpaired) electrons. The van der Waals surface area contributed by atoms with E-state index in [1.54, 1.807) is 0 Å². The smallest absolute Gasteiger partial charge is 0.225 e. The fourth-order valence-corrected chi connectivity index (χ4v) is 3.87. The van der Waals surface area contributed by atoms with Crippen LogP contribution in [0.1, 0.15) is 18.4 Å². The first-order valence-corrected chi connectivity index (χ1v) is 9.06. The molecule has 2 aromatic carbocycles. The highest BCUT2D eigenvalue weighted by Gasteiger charge is 2.54. The van der Waals surface area contributed by atoms with E-state index in [-0.39, 0.29) is 12.0 Å². The van der Waals surface area contributed by atoms with Crippen LogP contribution in [0.4, 0.5) is 5.69 Å². The maximum atomic E-state index is 12.3. The van der Waals surface area contributed by atoms with Gasteiger partial charge < -0.3 is 15.0 Å². The van der Waals surface area contributed by atoms with Crippen LogP contribution < -0.4 is 5.32 Å². The Kier molecular flexibility index (Phi) is 4.36. The SMILES string of the molecule is O=C1CC[C@]2(c3ccc(Cl)cc3)O[C@@H](CNc3ccc(Cl)cc3)CN12. The molecule has 0 bridgehead atoms. The van der Waals surface area contributed by atoms with Gasteiger partial charge in [-0.2, -0.15) is 0 Å². The molecule has 2 saturated heterocycles. The van der Waals surface area contributed by atoms with Crippen molar-refractivity contribution in [1.29, 1.82) is 0 Å². The number of rotatable bonds is 4. The summed E-state index contributed by atoms with van der Waals surface area (Å²) in [5.74, 6) is 0.143. The highest BCUT2D eigenvalue weighted by Crippen LogP contribution is 2.46. The summed E-state index contributed by atoms with van der Waals surface area (Å²) < 4.78 is 6.39. The van der Waals surface area contributed by atoms with E-state index in [1.165, 1.54) is 0 Å². The van der Waals surface area contributed by atoms with Crippen LogP contribution in [0.2, 0.25) is 10.0 Å². The number of halogens is 2. The summed E-state index contributed by atoms with van der Waals surface area (Å²) in [5.41, 5.74) is 1.30. The molecule has 2 atom stereocenters. The van der Waals surface area contributed by atoms with Crippen LogP contribution in [-0.2, 0) is 15.3 Å². The molecule has 6 heteroatoms. The van der Waals surface area contributed by atoms with Crippen molar-refractivity contribution < 1.29 is 9.53 Å². The lowest BCUT2D eigenvalue weighted by atomic mass is 10.0. The summed E-state index contributed by atoms with van der Waals surface area (Å²) in [6, 6.07) is 15.1. The van der Waals surface area contributed by atoms with E-state index < -0.39 is 5.72 Å². The number of amides is 1. The predicted molar refractivity (Wildman–Crippen MR) is 98.9 cm³/mol. The normalized spacial score (nSPS) is 25.3. The largest absolute Gasteiger partial charge is 0.382 e. The maximum absolute atomic E-state index is 12.3. The molecule has 130 valence electrons. The highest BCUT2D eigenvalue weighted by molar-refractivity contribution is 6.30. The summed E-state index contributed by atoms with van der Waals surface area (Å²) in [7, 11) is 0. The molecule has 2 heterocycles. The zero-order valence-corrected chi connectivity index (χ0v) is 15.1. The molecule has 0 aliphatic carbocycles. The molecule has 2 aliphatic heterocycles. The molecule has 2 aromatic rings. The van der Waals surface area contributed by atoms with Crippen molar-refractivity contribution in [2.24, 2.45) is 0 Å². The minimum Gasteiger partial charge on any atom is -0.382 e. The lowest BCUT2D eigenvalue weighted by molar-refractivity contribution is -0.139. The Bertz CT molecular complexity index is 779. The van der Waals surface area contributed by atoms with E-state index in [1.807, 2.05) is 53.4 Å². The molecule has 4 nitrogen and oxygen atoms in total. The summed E-state index contributed by atoms with van der Waals surface area (Å²) >= 11 is 11.9. The fraction of sp³-hybridized carbons (Fsp3) is 0.316. The summed E-state index contributed by atoms with van der Waals surface area (Å²) in [5, 5.41) is 4.73. The minimum atomic E-state index is -0.659. The fourth-order valence-electron chi connectivity index (χ4n) is 3.62. The zero-order chi connectivity index (χ0) is 17.4. The topological polar surface area (TPSA) is 41.6 Å². The summed E-state index contributed by atoms with van der Waals surface area (Å²) in [6.45, 7) is 1.21. The molecule has 0 spiro atoms. The Hall–Kier alpha value is -1.75. The molecule has 0 saturated carbocycles. The Morgan fingerprint density at radius 1 is 1.08 bits per heavy atom. The van der Waals surface area contributed by atoms with Crippen molar-refractivity contribution >= 4 is 34.8 Å². The van der Waals surface area contributed by atoms with Gasteiger partial charge in [0.1, 0.15) is 0 Å². The van der Waals surface area contributed by atoms with Gasteiger partial charge in [0, 0.05) is 40.7 Å². The van der Waals surface area contributed by atoms with Crippen molar-refractivity contribution in [1.82, 2.24) is 4.90 Å². The van der Waals surface area contributed by atoms with E-state index >= 15 is 0 Å². The maximum Gasteiger partial charge on any atom is 0.225 e. The molecular formula is C19H18Cl2N2O2. The highest BCUT2D eigenvalue weighted by atomic mass is 35.5. The number of hydrogen-bond donors (Lipinski definition) is 1. The zero-order valence-electron chi connectivity index (χ0n) is 13.5. The second kappa shape index (κ2) is 6.52. The van der Waals surface area contributed by atoms with Crippen molar-refractivity contribution in [3.8, 4) is 0 Å². The van der Waals surface area contributed by atoms with Crippen molar-refractivity contribution in [2.45, 2.75) is 24.7 Å². The Balaban J connectivity index is 1.51. The lowest BCUT2D eigenvalue weighted by Crippen LogP contribution is -2.38. The molecule has 4 rings (SSSR count). The van der Waals surface area contributed by atoms with Crippen LogP contribution in [0, 0.1) is 0 Å². The molecule has 0 unspecified atom stereocenters. The average Bonchev–Trinajstić information content (AvgIpc) is 3.13. The summed E-state index contributed by atoms with van der Waals surface area (Å²) in [6.07, 6.45) is 1.11. The van der Waals surface area contributed by atoms with Gasteiger partial charge in [0.05, 0.1) is 12.6 Å². The van der Waals surface area contributed by atoms with Gasteiger partial charge in [-0.15, -0.1) is 0 Å².